The van der Waals surface area contributed by atoms with E-state index in [2.05, 4.69) is 5.32 Å². The van der Waals surface area contributed by atoms with E-state index in [4.69, 9.17) is 9.66 Å². The molecule has 7 N–H and O–H groups in total. The summed E-state index contributed by atoms with van der Waals surface area (Å²) in [4.78, 5) is 10.0. The van der Waals surface area contributed by atoms with Crippen LogP contribution in [0.25, 0.3) is 0 Å². The number of aromatic carboxylic acids is 1. The molecule has 0 atom stereocenters. The van der Waals surface area contributed by atoms with Gasteiger partial charge in [0.25, 0.3) is 10.1 Å². The number of carbonyl (C=O) groups is 1. The molecule has 26 heavy (non-hydrogen) atoms. The Bertz CT molecular complexity index is 970. The van der Waals surface area contributed by atoms with Gasteiger partial charge < -0.3 is 30.8 Å². The number of hydrogen-bond acceptors (Lipinski definition) is 8. The van der Waals surface area contributed by atoms with Crippen molar-refractivity contribution in [2.24, 2.45) is 0 Å². The van der Waals surface area contributed by atoms with Gasteiger partial charge in [-0.3, -0.25) is 4.55 Å². The maximum absolute atomic E-state index is 11.0. The van der Waals surface area contributed by atoms with Gasteiger partial charge in [-0.25, -0.2) is 4.79 Å². The van der Waals surface area contributed by atoms with E-state index in [1.165, 1.54) is 0 Å². The molecule has 0 aromatic heterocycles. The van der Waals surface area contributed by atoms with Gasteiger partial charge in [0.15, 0.2) is 0 Å². The van der Waals surface area contributed by atoms with Crippen LogP contribution in [0.1, 0.15) is 21.5 Å². The van der Waals surface area contributed by atoms with E-state index in [9.17, 15) is 33.6 Å². The first-order valence-electron chi connectivity index (χ1n) is 7.02. The van der Waals surface area contributed by atoms with Gasteiger partial charge in [0, 0.05) is 30.3 Å². The number of carboxylic acids is 1. The van der Waals surface area contributed by atoms with Crippen molar-refractivity contribution in [2.75, 3.05) is 0 Å². The third-order valence-electron chi connectivity index (χ3n) is 3.50. The molecule has 0 saturated carbocycles. The number of benzene rings is 2. The third-order valence-corrected chi connectivity index (χ3v) is 4.38. The highest BCUT2D eigenvalue weighted by Gasteiger charge is 2.19. The minimum Gasteiger partial charge on any atom is -0.508 e. The van der Waals surface area contributed by atoms with Gasteiger partial charge in [-0.05, 0) is 18.2 Å². The van der Waals surface area contributed by atoms with Crippen LogP contribution in [0.3, 0.4) is 0 Å². The molecule has 0 saturated heterocycles. The first-order chi connectivity index (χ1) is 12.0. The minimum absolute atomic E-state index is 0.0421. The standard InChI is InChI=1S/C15H15NO9S/c17-10-3-9(15(21)22)12(19)1-7(10)5-16-6-8-2-13(20)14(4-11(8)18)26(23,24)25/h1-4,16-20H,5-6H2,(H,21,22)(H,23,24,25). The van der Waals surface area contributed by atoms with E-state index in [0.717, 1.165) is 18.2 Å². The van der Waals surface area contributed by atoms with Crippen molar-refractivity contribution in [3.05, 3.63) is 41.0 Å². The lowest BCUT2D eigenvalue weighted by Gasteiger charge is -2.11. The van der Waals surface area contributed by atoms with Crippen molar-refractivity contribution in [2.45, 2.75) is 18.0 Å². The highest BCUT2D eigenvalue weighted by atomic mass is 32.2. The lowest BCUT2D eigenvalue weighted by molar-refractivity contribution is 0.0693. The number of rotatable bonds is 6. The fraction of sp³-hybridized carbons (Fsp3) is 0.133. The molecule has 0 fully saturated rings. The summed E-state index contributed by atoms with van der Waals surface area (Å²) in [6.07, 6.45) is 0. The zero-order valence-electron chi connectivity index (χ0n) is 13.0. The lowest BCUT2D eigenvalue weighted by Crippen LogP contribution is -2.13. The molecule has 0 amide bonds. The molecule has 2 aromatic rings. The van der Waals surface area contributed by atoms with Gasteiger partial charge in [-0.2, -0.15) is 8.42 Å². The Kier molecular flexibility index (Phi) is 5.25. The van der Waals surface area contributed by atoms with Crippen LogP contribution < -0.4 is 5.32 Å². The van der Waals surface area contributed by atoms with Crippen LogP contribution in [0.5, 0.6) is 23.0 Å². The third kappa shape index (κ3) is 4.14. The topological polar surface area (TPSA) is 185 Å². The van der Waals surface area contributed by atoms with Crippen LogP contribution in [-0.2, 0) is 23.2 Å². The fourth-order valence-corrected chi connectivity index (χ4v) is 2.80. The number of nitrogens with one attached hydrogen (secondary N) is 1. The molecule has 0 unspecified atom stereocenters. The van der Waals surface area contributed by atoms with Crippen molar-refractivity contribution in [1.29, 1.82) is 0 Å². The van der Waals surface area contributed by atoms with E-state index >= 15 is 0 Å². The Morgan fingerprint density at radius 2 is 1.35 bits per heavy atom. The molecular formula is C15H15NO9S. The van der Waals surface area contributed by atoms with E-state index in [-0.39, 0.29) is 30.0 Å². The number of hydrogen-bond donors (Lipinski definition) is 7. The summed E-state index contributed by atoms with van der Waals surface area (Å²) < 4.78 is 31.0. The Balaban J connectivity index is 2.15. The van der Waals surface area contributed by atoms with Gasteiger partial charge >= 0.3 is 5.97 Å². The second-order valence-electron chi connectivity index (χ2n) is 5.33. The Hall–Kier alpha value is -3.02. The van der Waals surface area contributed by atoms with Crippen LogP contribution in [0.4, 0.5) is 0 Å². The van der Waals surface area contributed by atoms with Crippen LogP contribution in [0, 0.1) is 0 Å². The predicted molar refractivity (Wildman–Crippen MR) is 86.9 cm³/mol. The summed E-state index contributed by atoms with van der Waals surface area (Å²) in [5, 5.41) is 50.4. The second kappa shape index (κ2) is 7.07. The molecule has 10 nitrogen and oxygen atoms in total. The van der Waals surface area contributed by atoms with E-state index in [1.807, 2.05) is 0 Å². The zero-order valence-corrected chi connectivity index (χ0v) is 13.9. The van der Waals surface area contributed by atoms with Crippen LogP contribution >= 0.6 is 0 Å². The molecule has 0 bridgehead atoms. The summed E-state index contributed by atoms with van der Waals surface area (Å²) in [6.45, 7) is -0.119. The zero-order chi connectivity index (χ0) is 19.6. The van der Waals surface area contributed by atoms with E-state index in [1.54, 1.807) is 0 Å². The van der Waals surface area contributed by atoms with Gasteiger partial charge in [-0.15, -0.1) is 0 Å². The number of phenolic OH excluding ortho intramolecular Hbond substituents is 3. The summed E-state index contributed by atoms with van der Waals surface area (Å²) >= 11 is 0. The predicted octanol–water partition coefficient (Wildman–Crippen LogP) is 0.744. The monoisotopic (exact) mass is 385 g/mol. The van der Waals surface area contributed by atoms with Gasteiger partial charge in [0.05, 0.1) is 0 Å². The molecule has 0 heterocycles. The molecule has 0 aliphatic carbocycles. The molecule has 2 rings (SSSR count). The smallest absolute Gasteiger partial charge is 0.339 e. The maximum atomic E-state index is 11.0. The number of carboxylic acid groups (broad SMARTS) is 1. The summed E-state index contributed by atoms with van der Waals surface area (Å²) in [5.41, 5.74) is -0.193. The Labute approximate surface area is 147 Å². The van der Waals surface area contributed by atoms with Crippen molar-refractivity contribution in [1.82, 2.24) is 5.32 Å². The minimum atomic E-state index is -4.70. The SMILES string of the molecule is O=C(O)c1cc(O)c(CNCc2cc(O)c(S(=O)(=O)O)cc2O)cc1O. The molecule has 140 valence electrons. The summed E-state index contributed by atoms with van der Waals surface area (Å²) in [7, 11) is -4.70. The molecule has 2 aromatic carbocycles. The number of phenols is 4. The van der Waals surface area contributed by atoms with E-state index < -0.39 is 43.8 Å². The Morgan fingerprint density at radius 1 is 0.846 bits per heavy atom. The lowest BCUT2D eigenvalue weighted by atomic mass is 10.1. The van der Waals surface area contributed by atoms with Gasteiger partial charge in [0.2, 0.25) is 0 Å². The first-order valence-corrected chi connectivity index (χ1v) is 8.46. The fourth-order valence-electron chi connectivity index (χ4n) is 2.21. The molecular weight excluding hydrogens is 370 g/mol. The maximum Gasteiger partial charge on any atom is 0.339 e. The molecule has 0 spiro atoms. The van der Waals surface area contributed by atoms with Crippen molar-refractivity contribution in [3.8, 4) is 23.0 Å². The highest BCUT2D eigenvalue weighted by molar-refractivity contribution is 7.86. The van der Waals surface area contributed by atoms with Gasteiger partial charge in [0.1, 0.15) is 33.5 Å². The van der Waals surface area contributed by atoms with E-state index in [0.29, 0.717) is 6.07 Å². The molecule has 0 aliphatic rings. The van der Waals surface area contributed by atoms with Crippen molar-refractivity contribution < 1.29 is 43.3 Å². The summed E-state index contributed by atoms with van der Waals surface area (Å²) in [6, 6.07) is 3.58. The first kappa shape index (κ1) is 19.3. The largest absolute Gasteiger partial charge is 0.508 e. The quantitative estimate of drug-likeness (QED) is 0.276. The highest BCUT2D eigenvalue weighted by Crippen LogP contribution is 2.31. The Morgan fingerprint density at radius 3 is 1.85 bits per heavy atom. The van der Waals surface area contributed by atoms with Crippen molar-refractivity contribution >= 4 is 16.1 Å². The average Bonchev–Trinajstić information content (AvgIpc) is 2.51. The van der Waals surface area contributed by atoms with Crippen molar-refractivity contribution in [3.63, 3.8) is 0 Å². The average molecular weight is 385 g/mol. The molecule has 0 aliphatic heterocycles. The van der Waals surface area contributed by atoms with Gasteiger partial charge in [-0.1, -0.05) is 0 Å². The molecule has 11 heteroatoms. The van der Waals surface area contributed by atoms with Crippen LogP contribution in [0.2, 0.25) is 0 Å². The second-order valence-corrected chi connectivity index (χ2v) is 6.72. The normalized spacial score (nSPS) is 11.4. The summed E-state index contributed by atoms with van der Waals surface area (Å²) in [5.74, 6) is -3.58. The van der Waals surface area contributed by atoms with Crippen LogP contribution in [0.15, 0.2) is 29.2 Å². The molecule has 0 radical (unpaired) electrons. The number of aromatic hydroxyl groups is 4. The van der Waals surface area contributed by atoms with Crippen LogP contribution in [-0.4, -0.2) is 44.5 Å².